The summed E-state index contributed by atoms with van der Waals surface area (Å²) >= 11 is 0. The number of anilines is 2. The Hall–Kier alpha value is -4.76. The highest BCUT2D eigenvalue weighted by Gasteiger charge is 2.13. The molecule has 188 valence electrons. The van der Waals surface area contributed by atoms with Crippen LogP contribution >= 0.6 is 0 Å². The second-order valence-corrected chi connectivity index (χ2v) is 9.27. The lowest BCUT2D eigenvalue weighted by Gasteiger charge is -2.12. The summed E-state index contributed by atoms with van der Waals surface area (Å²) in [4.78, 5) is 3.62. The molecule has 0 saturated carbocycles. The number of nitrogens with one attached hydrogen (secondary N) is 2. The van der Waals surface area contributed by atoms with Gasteiger partial charge in [0.05, 0.1) is 0 Å². The molecule has 0 saturated heterocycles. The molecule has 4 N–H and O–H groups in total. The molecule has 0 fully saturated rings. The summed E-state index contributed by atoms with van der Waals surface area (Å²) in [7, 11) is 0. The number of allylic oxidation sites excluding steroid dienone is 4. The molecule has 0 aliphatic heterocycles. The maximum absolute atomic E-state index is 5.79. The first-order valence-electron chi connectivity index (χ1n) is 13.1. The lowest BCUT2D eigenvalue weighted by molar-refractivity contribution is 0.951. The Morgan fingerprint density at radius 2 is 1.61 bits per heavy atom. The number of benzene rings is 4. The molecule has 0 spiro atoms. The monoisotopic (exact) mass is 495 g/mol. The Morgan fingerprint density at radius 1 is 0.868 bits per heavy atom. The summed E-state index contributed by atoms with van der Waals surface area (Å²) in [6, 6.07) is 35.5. The number of fused-ring (bicyclic) bond motifs is 3. The topological polar surface area (TPSA) is 53.8 Å². The lowest BCUT2D eigenvalue weighted by Crippen LogP contribution is -1.94. The smallest absolute Gasteiger partial charge is 0.0468 e. The van der Waals surface area contributed by atoms with Crippen LogP contribution in [-0.4, -0.2) is 4.98 Å². The second kappa shape index (κ2) is 12.0. The van der Waals surface area contributed by atoms with Crippen molar-refractivity contribution in [2.45, 2.75) is 19.8 Å². The molecule has 3 heteroatoms. The Balaban J connectivity index is 0.000000207. The number of rotatable bonds is 5. The summed E-state index contributed by atoms with van der Waals surface area (Å²) in [6.45, 7) is 1.97. The summed E-state index contributed by atoms with van der Waals surface area (Å²) in [6.07, 6.45) is 12.5. The molecule has 1 aliphatic carbocycles. The van der Waals surface area contributed by atoms with Gasteiger partial charge in [0, 0.05) is 44.8 Å². The van der Waals surface area contributed by atoms with Crippen LogP contribution in [0.15, 0.2) is 127 Å². The van der Waals surface area contributed by atoms with Crippen LogP contribution in [-0.2, 0) is 6.42 Å². The van der Waals surface area contributed by atoms with Crippen molar-refractivity contribution >= 4 is 34.1 Å². The molecule has 0 unspecified atom stereocenters. The average molecular weight is 496 g/mol. The van der Waals surface area contributed by atoms with E-state index in [1.807, 2.05) is 73.7 Å². The molecule has 6 rings (SSSR count). The van der Waals surface area contributed by atoms with Crippen LogP contribution in [0.25, 0.3) is 33.8 Å². The lowest BCUT2D eigenvalue weighted by atomic mass is 9.99. The third-order valence-corrected chi connectivity index (χ3v) is 6.63. The van der Waals surface area contributed by atoms with Gasteiger partial charge in [-0.1, -0.05) is 103 Å². The minimum atomic E-state index is 0.800. The fourth-order valence-corrected chi connectivity index (χ4v) is 4.71. The van der Waals surface area contributed by atoms with E-state index < -0.39 is 0 Å². The van der Waals surface area contributed by atoms with Gasteiger partial charge in [0.2, 0.25) is 0 Å². The number of hydrogen-bond acceptors (Lipinski definition) is 2. The van der Waals surface area contributed by atoms with Crippen LogP contribution in [0.4, 0.5) is 11.4 Å². The average Bonchev–Trinajstić information content (AvgIpc) is 3.35. The summed E-state index contributed by atoms with van der Waals surface area (Å²) in [5, 5.41) is 4.86. The zero-order valence-electron chi connectivity index (χ0n) is 21.7. The van der Waals surface area contributed by atoms with Gasteiger partial charge in [0.25, 0.3) is 0 Å². The van der Waals surface area contributed by atoms with Gasteiger partial charge in [-0.2, -0.15) is 0 Å². The highest BCUT2D eigenvalue weighted by atomic mass is 14.9. The standard InChI is InChI=1S/C24H20N2.C11H13N/c1-2-8-18(9-3-1)25-22-12-6-4-10-19(22)17-14-15-21-20-11-5-7-13-23(20)26-24(21)16-17;1-2-3-9-11(12)10-7-5-4-6-8-10/h1-6,8-12,14-16,25-26H,7,13H2;2-9H,12H2,1H3/b;3-2-,11-9-. The van der Waals surface area contributed by atoms with Crippen molar-refractivity contribution in [1.29, 1.82) is 0 Å². The second-order valence-electron chi connectivity index (χ2n) is 9.27. The van der Waals surface area contributed by atoms with Crippen molar-refractivity contribution in [2.24, 2.45) is 5.73 Å². The van der Waals surface area contributed by atoms with Crippen molar-refractivity contribution < 1.29 is 0 Å². The first-order valence-corrected chi connectivity index (χ1v) is 13.1. The number of aromatic nitrogens is 1. The van der Waals surface area contributed by atoms with Gasteiger partial charge >= 0.3 is 0 Å². The van der Waals surface area contributed by atoms with E-state index in [9.17, 15) is 0 Å². The van der Waals surface area contributed by atoms with Gasteiger partial charge in [-0.05, 0) is 61.2 Å². The molecule has 5 aromatic rings. The molecule has 0 amide bonds. The zero-order valence-corrected chi connectivity index (χ0v) is 21.7. The molecule has 1 aromatic heterocycles. The number of aromatic amines is 1. The van der Waals surface area contributed by atoms with E-state index in [0.717, 1.165) is 35.5 Å². The maximum Gasteiger partial charge on any atom is 0.0468 e. The van der Waals surface area contributed by atoms with E-state index in [1.165, 1.54) is 33.3 Å². The van der Waals surface area contributed by atoms with Crippen LogP contribution in [0.3, 0.4) is 0 Å². The minimum Gasteiger partial charge on any atom is -0.398 e. The molecule has 0 bridgehead atoms. The van der Waals surface area contributed by atoms with Crippen molar-refractivity contribution in [3.05, 3.63) is 144 Å². The van der Waals surface area contributed by atoms with Crippen molar-refractivity contribution in [1.82, 2.24) is 4.98 Å². The first kappa shape index (κ1) is 24.9. The predicted molar refractivity (Wildman–Crippen MR) is 164 cm³/mol. The van der Waals surface area contributed by atoms with Gasteiger partial charge in [-0.3, -0.25) is 0 Å². The van der Waals surface area contributed by atoms with Gasteiger partial charge in [0.15, 0.2) is 0 Å². The van der Waals surface area contributed by atoms with Crippen LogP contribution < -0.4 is 11.1 Å². The Kier molecular flexibility index (Phi) is 7.86. The van der Waals surface area contributed by atoms with E-state index in [4.69, 9.17) is 5.73 Å². The SMILES string of the molecule is C/C=C\C=C(/N)c1ccccc1.C1=Cc2c([nH]c3cc(-c4ccccc4Nc4ccccc4)ccc23)CC1. The largest absolute Gasteiger partial charge is 0.398 e. The number of para-hydroxylation sites is 2. The minimum absolute atomic E-state index is 0.800. The number of aryl methyl sites for hydroxylation is 1. The Morgan fingerprint density at radius 3 is 2.39 bits per heavy atom. The molecule has 4 aromatic carbocycles. The number of hydrogen-bond donors (Lipinski definition) is 3. The third-order valence-electron chi connectivity index (χ3n) is 6.63. The summed E-state index contributed by atoms with van der Waals surface area (Å²) in [5.74, 6) is 0. The molecule has 1 heterocycles. The fourth-order valence-electron chi connectivity index (χ4n) is 4.71. The molecule has 1 aliphatic rings. The van der Waals surface area contributed by atoms with Gasteiger partial charge in [0.1, 0.15) is 0 Å². The molecular weight excluding hydrogens is 462 g/mol. The van der Waals surface area contributed by atoms with E-state index in [-0.39, 0.29) is 0 Å². The summed E-state index contributed by atoms with van der Waals surface area (Å²) < 4.78 is 0. The first-order chi connectivity index (χ1) is 18.7. The molecule has 0 atom stereocenters. The number of H-pyrrole nitrogens is 1. The molecule has 38 heavy (non-hydrogen) atoms. The predicted octanol–water partition coefficient (Wildman–Crippen LogP) is 9.10. The van der Waals surface area contributed by atoms with E-state index in [2.05, 4.69) is 77.1 Å². The highest BCUT2D eigenvalue weighted by Crippen LogP contribution is 2.34. The summed E-state index contributed by atoms with van der Waals surface area (Å²) in [5.41, 5.74) is 16.2. The van der Waals surface area contributed by atoms with Crippen molar-refractivity contribution in [2.75, 3.05) is 5.32 Å². The zero-order chi connectivity index (χ0) is 26.2. The maximum atomic E-state index is 5.79. The van der Waals surface area contributed by atoms with Crippen molar-refractivity contribution in [3.63, 3.8) is 0 Å². The van der Waals surface area contributed by atoms with Crippen LogP contribution in [0, 0.1) is 0 Å². The third kappa shape index (κ3) is 5.79. The highest BCUT2D eigenvalue weighted by molar-refractivity contribution is 5.95. The fraction of sp³-hybridized carbons (Fsp3) is 0.0857. The molecular formula is C35H33N3. The van der Waals surface area contributed by atoms with Gasteiger partial charge < -0.3 is 16.0 Å². The quantitative estimate of drug-likeness (QED) is 0.213. The molecule has 3 nitrogen and oxygen atoms in total. The Labute approximate surface area is 225 Å². The molecule has 0 radical (unpaired) electrons. The Bertz CT molecular complexity index is 1590. The van der Waals surface area contributed by atoms with Crippen molar-refractivity contribution in [3.8, 4) is 11.1 Å². The van der Waals surface area contributed by atoms with E-state index in [1.54, 1.807) is 0 Å². The van der Waals surface area contributed by atoms with Crippen LogP contribution in [0.2, 0.25) is 0 Å². The van der Waals surface area contributed by atoms with E-state index in [0.29, 0.717) is 0 Å². The normalized spacial score (nSPS) is 12.7. The van der Waals surface area contributed by atoms with Gasteiger partial charge in [-0.25, -0.2) is 0 Å². The number of nitrogens with two attached hydrogens (primary N) is 1. The van der Waals surface area contributed by atoms with Crippen LogP contribution in [0.5, 0.6) is 0 Å². The van der Waals surface area contributed by atoms with Crippen LogP contribution in [0.1, 0.15) is 30.2 Å². The van der Waals surface area contributed by atoms with Gasteiger partial charge in [-0.15, -0.1) is 0 Å². The van der Waals surface area contributed by atoms with E-state index >= 15 is 0 Å².